The quantitative estimate of drug-likeness (QED) is 0.798. The van der Waals surface area contributed by atoms with E-state index >= 15 is 0 Å². The van der Waals surface area contributed by atoms with E-state index in [0.29, 0.717) is 30.2 Å². The van der Waals surface area contributed by atoms with Crippen molar-refractivity contribution in [2.45, 2.75) is 0 Å². The van der Waals surface area contributed by atoms with Crippen molar-refractivity contribution in [3.63, 3.8) is 0 Å². The Kier molecular flexibility index (Phi) is 3.74. The van der Waals surface area contributed by atoms with E-state index < -0.39 is 0 Å². The number of furan rings is 1. The number of nitrogens with one attached hydrogen (secondary N) is 1. The number of nitrogens with zero attached hydrogens (tertiary/aromatic N) is 4. The summed E-state index contributed by atoms with van der Waals surface area (Å²) < 4.78 is 5.31. The van der Waals surface area contributed by atoms with Crippen LogP contribution in [-0.2, 0) is 0 Å². The minimum atomic E-state index is -0.0651. The number of pyridine rings is 1. The monoisotopic (exact) mass is 323 g/mol. The minimum Gasteiger partial charge on any atom is -0.463 e. The summed E-state index contributed by atoms with van der Waals surface area (Å²) in [5.74, 6) is 1.55. The number of H-pyrrole nitrogens is 1. The highest BCUT2D eigenvalue weighted by molar-refractivity contribution is 5.93. The fourth-order valence-electron chi connectivity index (χ4n) is 2.83. The molecule has 0 atom stereocenters. The molecule has 1 aliphatic rings. The van der Waals surface area contributed by atoms with Gasteiger partial charge >= 0.3 is 0 Å². The summed E-state index contributed by atoms with van der Waals surface area (Å²) in [6, 6.07) is 11.2. The number of carbonyl (C=O) groups is 1. The maximum Gasteiger partial charge on any atom is 0.274 e. The smallest absolute Gasteiger partial charge is 0.274 e. The van der Waals surface area contributed by atoms with Gasteiger partial charge in [-0.05, 0) is 24.3 Å². The van der Waals surface area contributed by atoms with E-state index in [0.717, 1.165) is 18.9 Å². The van der Waals surface area contributed by atoms with Crippen molar-refractivity contribution in [3.8, 4) is 11.5 Å². The molecule has 0 bridgehead atoms. The lowest BCUT2D eigenvalue weighted by Crippen LogP contribution is -2.49. The average Bonchev–Trinajstić information content (AvgIpc) is 3.33. The number of anilines is 1. The predicted molar refractivity (Wildman–Crippen MR) is 88.6 cm³/mol. The van der Waals surface area contributed by atoms with Crippen LogP contribution >= 0.6 is 0 Å². The molecule has 4 heterocycles. The van der Waals surface area contributed by atoms with E-state index in [4.69, 9.17) is 4.42 Å². The van der Waals surface area contributed by atoms with Crippen molar-refractivity contribution >= 4 is 11.7 Å². The van der Waals surface area contributed by atoms with E-state index in [2.05, 4.69) is 20.1 Å². The Morgan fingerprint density at radius 3 is 2.71 bits per heavy atom. The lowest BCUT2D eigenvalue weighted by Gasteiger charge is -2.35. The molecule has 0 radical (unpaired) electrons. The largest absolute Gasteiger partial charge is 0.463 e. The molecule has 0 aliphatic carbocycles. The molecule has 0 spiro atoms. The van der Waals surface area contributed by atoms with Gasteiger partial charge in [-0.2, -0.15) is 5.10 Å². The maximum absolute atomic E-state index is 12.6. The second-order valence-corrected chi connectivity index (χ2v) is 5.61. The highest BCUT2D eigenvalue weighted by atomic mass is 16.3. The van der Waals surface area contributed by atoms with Gasteiger partial charge in [0.2, 0.25) is 0 Å². The van der Waals surface area contributed by atoms with Gasteiger partial charge in [-0.1, -0.05) is 6.07 Å². The van der Waals surface area contributed by atoms with Gasteiger partial charge in [-0.15, -0.1) is 0 Å². The van der Waals surface area contributed by atoms with Crippen LogP contribution < -0.4 is 4.90 Å². The zero-order valence-corrected chi connectivity index (χ0v) is 13.1. The summed E-state index contributed by atoms with van der Waals surface area (Å²) in [4.78, 5) is 21.0. The third kappa shape index (κ3) is 2.76. The molecular weight excluding hydrogens is 306 g/mol. The van der Waals surface area contributed by atoms with Crippen LogP contribution in [0.5, 0.6) is 0 Å². The molecule has 24 heavy (non-hydrogen) atoms. The Morgan fingerprint density at radius 1 is 1.12 bits per heavy atom. The van der Waals surface area contributed by atoms with E-state index in [1.165, 1.54) is 0 Å². The molecule has 0 unspecified atom stereocenters. The zero-order valence-electron chi connectivity index (χ0n) is 13.1. The van der Waals surface area contributed by atoms with Crippen LogP contribution in [0.2, 0.25) is 0 Å². The number of carbonyl (C=O) groups excluding carboxylic acids is 1. The van der Waals surface area contributed by atoms with Crippen molar-refractivity contribution < 1.29 is 9.21 Å². The van der Waals surface area contributed by atoms with Gasteiger partial charge < -0.3 is 14.2 Å². The van der Waals surface area contributed by atoms with Crippen LogP contribution in [0.1, 0.15) is 10.5 Å². The Bertz CT molecular complexity index is 805. The van der Waals surface area contributed by atoms with Gasteiger partial charge in [0.05, 0.1) is 6.26 Å². The molecule has 7 nitrogen and oxygen atoms in total. The highest BCUT2D eigenvalue weighted by Crippen LogP contribution is 2.19. The standard InChI is InChI=1S/C17H17N5O2/c23-17(14-12-13(19-20-14)15-4-3-11-24-15)22-9-7-21(8-10-22)16-5-1-2-6-18-16/h1-6,11-12H,7-10H2,(H,19,20). The number of aromatic amines is 1. The molecule has 7 heteroatoms. The molecule has 3 aromatic heterocycles. The predicted octanol–water partition coefficient (Wildman–Crippen LogP) is 2.03. The van der Waals surface area contributed by atoms with Gasteiger partial charge in [0, 0.05) is 38.4 Å². The molecule has 1 amide bonds. The van der Waals surface area contributed by atoms with E-state index in [1.807, 2.05) is 29.2 Å². The van der Waals surface area contributed by atoms with Crippen LogP contribution in [-0.4, -0.2) is 52.2 Å². The summed E-state index contributed by atoms with van der Waals surface area (Å²) in [6.45, 7) is 2.83. The van der Waals surface area contributed by atoms with E-state index in [1.54, 1.807) is 24.6 Å². The Balaban J connectivity index is 1.41. The molecule has 3 aromatic rings. The summed E-state index contributed by atoms with van der Waals surface area (Å²) in [6.07, 6.45) is 3.38. The first-order chi connectivity index (χ1) is 11.8. The number of hydrogen-bond acceptors (Lipinski definition) is 5. The highest BCUT2D eigenvalue weighted by Gasteiger charge is 2.24. The van der Waals surface area contributed by atoms with Gasteiger partial charge in [-0.3, -0.25) is 9.89 Å². The summed E-state index contributed by atoms with van der Waals surface area (Å²) in [7, 11) is 0. The van der Waals surface area contributed by atoms with Crippen LogP contribution in [0.4, 0.5) is 5.82 Å². The Labute approximate surface area is 138 Å². The molecule has 4 rings (SSSR count). The van der Waals surface area contributed by atoms with Crippen LogP contribution in [0, 0.1) is 0 Å². The van der Waals surface area contributed by atoms with Gasteiger partial charge in [0.25, 0.3) is 5.91 Å². The first-order valence-corrected chi connectivity index (χ1v) is 7.86. The molecule has 1 saturated heterocycles. The second-order valence-electron chi connectivity index (χ2n) is 5.61. The number of aromatic nitrogens is 3. The minimum absolute atomic E-state index is 0.0651. The van der Waals surface area contributed by atoms with E-state index in [-0.39, 0.29) is 5.91 Å². The van der Waals surface area contributed by atoms with Crippen molar-refractivity contribution in [2.75, 3.05) is 31.1 Å². The lowest BCUT2D eigenvalue weighted by molar-refractivity contribution is 0.0740. The number of piperazine rings is 1. The SMILES string of the molecule is O=C(c1cc(-c2ccco2)[nH]n1)N1CCN(c2ccccn2)CC1. The summed E-state index contributed by atoms with van der Waals surface area (Å²) in [5, 5.41) is 6.97. The molecule has 1 aliphatic heterocycles. The molecule has 1 fully saturated rings. The van der Waals surface area contributed by atoms with Gasteiger partial charge in [0.1, 0.15) is 11.5 Å². The second kappa shape index (κ2) is 6.19. The molecule has 0 saturated carbocycles. The van der Waals surface area contributed by atoms with Crippen LogP contribution in [0.3, 0.4) is 0 Å². The van der Waals surface area contributed by atoms with E-state index in [9.17, 15) is 4.79 Å². The number of hydrogen-bond donors (Lipinski definition) is 1. The summed E-state index contributed by atoms with van der Waals surface area (Å²) in [5.41, 5.74) is 1.11. The van der Waals surface area contributed by atoms with Crippen LogP contribution in [0.25, 0.3) is 11.5 Å². The normalized spacial score (nSPS) is 14.8. The number of amides is 1. The maximum atomic E-state index is 12.6. The van der Waals surface area contributed by atoms with Crippen LogP contribution in [0.15, 0.2) is 53.3 Å². The Morgan fingerprint density at radius 2 is 2.00 bits per heavy atom. The molecule has 1 N–H and O–H groups in total. The number of rotatable bonds is 3. The first-order valence-electron chi connectivity index (χ1n) is 7.86. The summed E-state index contributed by atoms with van der Waals surface area (Å²) >= 11 is 0. The average molecular weight is 323 g/mol. The zero-order chi connectivity index (χ0) is 16.4. The molecule has 122 valence electrons. The fourth-order valence-corrected chi connectivity index (χ4v) is 2.83. The fraction of sp³-hybridized carbons (Fsp3) is 0.235. The third-order valence-corrected chi connectivity index (χ3v) is 4.12. The lowest BCUT2D eigenvalue weighted by atomic mass is 10.2. The van der Waals surface area contributed by atoms with Crippen molar-refractivity contribution in [1.82, 2.24) is 20.1 Å². The first kappa shape index (κ1) is 14.5. The van der Waals surface area contributed by atoms with Crippen molar-refractivity contribution in [3.05, 3.63) is 54.6 Å². The topological polar surface area (TPSA) is 78.3 Å². The third-order valence-electron chi connectivity index (χ3n) is 4.12. The van der Waals surface area contributed by atoms with Gasteiger partial charge in [-0.25, -0.2) is 4.98 Å². The van der Waals surface area contributed by atoms with Crippen molar-refractivity contribution in [1.29, 1.82) is 0 Å². The Hall–Kier alpha value is -3.09. The van der Waals surface area contributed by atoms with Crippen molar-refractivity contribution in [2.24, 2.45) is 0 Å². The van der Waals surface area contributed by atoms with Gasteiger partial charge in [0.15, 0.2) is 11.5 Å². The molecular formula is C17H17N5O2. The molecule has 0 aromatic carbocycles.